The number of amides is 1. The fourth-order valence-corrected chi connectivity index (χ4v) is 1.92. The van der Waals surface area contributed by atoms with E-state index in [9.17, 15) is 18.0 Å². The molecule has 1 aromatic carbocycles. The second-order valence-electron chi connectivity index (χ2n) is 4.76. The Hall–Kier alpha value is -3.10. The number of carbonyl (C=O) groups excluding carboxylic acids is 1. The number of benzene rings is 1. The highest BCUT2D eigenvalue weighted by atomic mass is 19.2. The van der Waals surface area contributed by atoms with Crippen molar-refractivity contribution in [1.82, 2.24) is 10.1 Å². The number of nitrogens with one attached hydrogen (secondary N) is 1. The van der Waals surface area contributed by atoms with Crippen LogP contribution >= 0.6 is 0 Å². The van der Waals surface area contributed by atoms with Gasteiger partial charge in [0.15, 0.2) is 23.2 Å². The summed E-state index contributed by atoms with van der Waals surface area (Å²) in [5.41, 5.74) is -0.444. The third-order valence-corrected chi connectivity index (χ3v) is 3.08. The largest absolute Gasteiger partial charge is 0.461 e. The van der Waals surface area contributed by atoms with E-state index in [4.69, 9.17) is 8.94 Å². The van der Waals surface area contributed by atoms with Gasteiger partial charge < -0.3 is 14.3 Å². The molecule has 0 radical (unpaired) electrons. The molecule has 3 rings (SSSR count). The molecule has 0 fully saturated rings. The van der Waals surface area contributed by atoms with Gasteiger partial charge in [-0.1, -0.05) is 5.16 Å². The monoisotopic (exact) mass is 337 g/mol. The molecular weight excluding hydrogens is 327 g/mol. The minimum atomic E-state index is -1.65. The van der Waals surface area contributed by atoms with E-state index in [2.05, 4.69) is 15.5 Å². The van der Waals surface area contributed by atoms with Crippen LogP contribution in [0.1, 0.15) is 12.3 Å². The summed E-state index contributed by atoms with van der Waals surface area (Å²) in [6, 6.07) is 4.97. The van der Waals surface area contributed by atoms with Crippen molar-refractivity contribution < 1.29 is 26.9 Å². The number of carbonyl (C=O) groups is 1. The van der Waals surface area contributed by atoms with Crippen LogP contribution in [-0.2, 0) is 11.2 Å². The fourth-order valence-electron chi connectivity index (χ4n) is 1.92. The van der Waals surface area contributed by atoms with E-state index in [0.717, 1.165) is 12.1 Å². The van der Waals surface area contributed by atoms with E-state index in [0.29, 0.717) is 5.76 Å². The molecule has 2 heterocycles. The first kappa shape index (κ1) is 15.8. The van der Waals surface area contributed by atoms with Crippen molar-refractivity contribution in [3.05, 3.63) is 53.9 Å². The maximum absolute atomic E-state index is 13.5. The number of aromatic nitrogens is 2. The predicted octanol–water partition coefficient (Wildman–Crippen LogP) is 3.32. The second-order valence-corrected chi connectivity index (χ2v) is 4.76. The molecule has 0 aliphatic heterocycles. The lowest BCUT2D eigenvalue weighted by atomic mass is 10.2. The fraction of sp³-hybridized carbons (Fsp3) is 0.133. The Bertz CT molecular complexity index is 862. The van der Waals surface area contributed by atoms with E-state index in [1.165, 1.54) is 6.26 Å². The van der Waals surface area contributed by atoms with Crippen LogP contribution in [0.5, 0.6) is 0 Å². The zero-order chi connectivity index (χ0) is 17.1. The maximum Gasteiger partial charge on any atom is 0.238 e. The quantitative estimate of drug-likeness (QED) is 0.722. The van der Waals surface area contributed by atoms with Gasteiger partial charge >= 0.3 is 0 Å². The highest BCUT2D eigenvalue weighted by molar-refractivity contribution is 5.90. The highest BCUT2D eigenvalue weighted by Crippen LogP contribution is 2.20. The highest BCUT2D eigenvalue weighted by Gasteiger charge is 2.16. The number of hydrogen-bond acceptors (Lipinski definition) is 5. The van der Waals surface area contributed by atoms with Gasteiger partial charge in [-0.25, -0.2) is 13.2 Å². The van der Waals surface area contributed by atoms with Crippen molar-refractivity contribution in [2.24, 2.45) is 0 Å². The van der Waals surface area contributed by atoms with E-state index >= 15 is 0 Å². The minimum absolute atomic E-state index is 0.0881. The molecule has 0 aliphatic rings. The Morgan fingerprint density at radius 3 is 2.75 bits per heavy atom. The van der Waals surface area contributed by atoms with Crippen LogP contribution in [0.3, 0.4) is 0 Å². The van der Waals surface area contributed by atoms with Crippen LogP contribution in [-0.4, -0.2) is 16.0 Å². The molecule has 6 nitrogen and oxygen atoms in total. The van der Waals surface area contributed by atoms with Crippen molar-refractivity contribution in [3.8, 4) is 11.6 Å². The van der Waals surface area contributed by atoms with Gasteiger partial charge in [0.2, 0.25) is 17.6 Å². The minimum Gasteiger partial charge on any atom is -0.461 e. The summed E-state index contributed by atoms with van der Waals surface area (Å²) >= 11 is 0. The molecule has 0 aliphatic carbocycles. The Kier molecular flexibility index (Phi) is 4.32. The van der Waals surface area contributed by atoms with Crippen LogP contribution in [0, 0.1) is 17.5 Å². The summed E-state index contributed by atoms with van der Waals surface area (Å²) in [7, 11) is 0. The predicted molar refractivity (Wildman–Crippen MR) is 75.3 cm³/mol. The van der Waals surface area contributed by atoms with Gasteiger partial charge in [0, 0.05) is 12.8 Å². The van der Waals surface area contributed by atoms with E-state index in [-0.39, 0.29) is 24.6 Å². The number of anilines is 1. The Morgan fingerprint density at radius 1 is 1.17 bits per heavy atom. The first-order chi connectivity index (χ1) is 11.5. The van der Waals surface area contributed by atoms with Crippen molar-refractivity contribution in [2.75, 3.05) is 5.32 Å². The number of halogens is 3. The number of furan rings is 1. The summed E-state index contributed by atoms with van der Waals surface area (Å²) in [6.45, 7) is 0. The molecule has 3 aromatic rings. The number of nitrogens with zero attached hydrogens (tertiary/aromatic N) is 2. The molecule has 0 bridgehead atoms. The third kappa shape index (κ3) is 3.29. The number of aryl methyl sites for hydroxylation is 1. The first-order valence-corrected chi connectivity index (χ1v) is 6.84. The van der Waals surface area contributed by atoms with E-state index in [1.54, 1.807) is 12.1 Å². The van der Waals surface area contributed by atoms with Gasteiger partial charge in [-0.2, -0.15) is 4.98 Å². The van der Waals surface area contributed by atoms with Gasteiger partial charge in [0.1, 0.15) is 0 Å². The average molecular weight is 337 g/mol. The molecule has 24 heavy (non-hydrogen) atoms. The van der Waals surface area contributed by atoms with Crippen LogP contribution in [0.15, 0.2) is 39.5 Å². The molecule has 0 unspecified atom stereocenters. The maximum atomic E-state index is 13.5. The van der Waals surface area contributed by atoms with Crippen molar-refractivity contribution in [1.29, 1.82) is 0 Å². The normalized spacial score (nSPS) is 10.8. The smallest absolute Gasteiger partial charge is 0.238 e. The molecule has 124 valence electrons. The number of rotatable bonds is 5. The summed E-state index contributed by atoms with van der Waals surface area (Å²) in [4.78, 5) is 15.8. The SMILES string of the molecule is O=C(CCc1nc(-c2ccco2)no1)Nc1ccc(F)c(F)c1F. The first-order valence-electron chi connectivity index (χ1n) is 6.84. The Morgan fingerprint density at radius 2 is 2.00 bits per heavy atom. The standard InChI is InChI=1S/C15H10F3N3O3/c16-8-3-4-9(14(18)13(8)17)19-11(22)5-6-12-20-15(21-24-12)10-2-1-7-23-10/h1-4,7H,5-6H2,(H,19,22). The lowest BCUT2D eigenvalue weighted by Gasteiger charge is -2.06. The summed E-state index contributed by atoms with van der Waals surface area (Å²) < 4.78 is 49.4. The molecular formula is C15H10F3N3O3. The van der Waals surface area contributed by atoms with Gasteiger partial charge in [0.05, 0.1) is 12.0 Å². The number of hydrogen-bond donors (Lipinski definition) is 1. The molecule has 0 spiro atoms. The third-order valence-electron chi connectivity index (χ3n) is 3.08. The van der Waals surface area contributed by atoms with Crippen molar-refractivity contribution >= 4 is 11.6 Å². The lowest BCUT2D eigenvalue weighted by molar-refractivity contribution is -0.116. The topological polar surface area (TPSA) is 81.2 Å². The Balaban J connectivity index is 1.59. The molecule has 1 amide bonds. The van der Waals surface area contributed by atoms with Crippen molar-refractivity contribution in [3.63, 3.8) is 0 Å². The van der Waals surface area contributed by atoms with E-state index in [1.807, 2.05) is 0 Å². The molecule has 1 N–H and O–H groups in total. The van der Waals surface area contributed by atoms with E-state index < -0.39 is 29.0 Å². The summed E-state index contributed by atoms with van der Waals surface area (Å²) in [5.74, 6) is -4.21. The summed E-state index contributed by atoms with van der Waals surface area (Å²) in [5, 5.41) is 5.85. The molecule has 0 saturated heterocycles. The molecule has 2 aromatic heterocycles. The molecule has 9 heteroatoms. The zero-order valence-electron chi connectivity index (χ0n) is 12.1. The van der Waals surface area contributed by atoms with Crippen LogP contribution in [0.4, 0.5) is 18.9 Å². The van der Waals surface area contributed by atoms with Gasteiger partial charge in [-0.05, 0) is 24.3 Å². The van der Waals surface area contributed by atoms with Gasteiger partial charge in [-0.15, -0.1) is 0 Å². The Labute approximate surface area is 133 Å². The van der Waals surface area contributed by atoms with Crippen molar-refractivity contribution in [2.45, 2.75) is 12.8 Å². The van der Waals surface area contributed by atoms with Crippen LogP contribution in [0.2, 0.25) is 0 Å². The lowest BCUT2D eigenvalue weighted by Crippen LogP contribution is -2.14. The average Bonchev–Trinajstić information content (AvgIpc) is 3.24. The molecule has 0 saturated carbocycles. The molecule has 0 atom stereocenters. The van der Waals surface area contributed by atoms with Gasteiger partial charge in [-0.3, -0.25) is 4.79 Å². The van der Waals surface area contributed by atoms with Crippen LogP contribution in [0.25, 0.3) is 11.6 Å². The van der Waals surface area contributed by atoms with Gasteiger partial charge in [0.25, 0.3) is 0 Å². The zero-order valence-corrected chi connectivity index (χ0v) is 12.1. The second kappa shape index (κ2) is 6.57. The van der Waals surface area contributed by atoms with Crippen LogP contribution < -0.4 is 5.32 Å². The summed E-state index contributed by atoms with van der Waals surface area (Å²) in [6.07, 6.45) is 1.43.